The van der Waals surface area contributed by atoms with Gasteiger partial charge in [0.15, 0.2) is 5.82 Å². The highest BCUT2D eigenvalue weighted by atomic mass is 19.1. The highest BCUT2D eigenvalue weighted by molar-refractivity contribution is 5.53. The molecule has 6 heteroatoms. The molecular weight excluding hydrogens is 259 g/mol. The molecule has 0 spiro atoms. The first-order valence-electron chi connectivity index (χ1n) is 6.66. The molecule has 106 valence electrons. The van der Waals surface area contributed by atoms with Gasteiger partial charge in [-0.25, -0.2) is 4.39 Å². The van der Waals surface area contributed by atoms with E-state index in [0.717, 1.165) is 19.6 Å². The molecule has 1 aliphatic rings. The van der Waals surface area contributed by atoms with E-state index in [-0.39, 0.29) is 11.9 Å². The lowest BCUT2D eigenvalue weighted by Crippen LogP contribution is -2.44. The van der Waals surface area contributed by atoms with Crippen molar-refractivity contribution in [2.75, 3.05) is 26.7 Å². The standard InChI is InChI=1S/C14H17FN4O/c1-9-3-4-10(7-11(9)15)14-17-13(18-20-14)12-8-16-5-6-19(12)2/h3-4,7,12,16H,5-6,8H2,1-2H3. The van der Waals surface area contributed by atoms with Gasteiger partial charge in [0.1, 0.15) is 5.82 Å². The monoisotopic (exact) mass is 276 g/mol. The van der Waals surface area contributed by atoms with Crippen LogP contribution in [-0.2, 0) is 0 Å². The Labute approximate surface area is 116 Å². The fourth-order valence-electron chi connectivity index (χ4n) is 2.31. The highest BCUT2D eigenvalue weighted by Crippen LogP contribution is 2.23. The Kier molecular flexibility index (Phi) is 3.50. The summed E-state index contributed by atoms with van der Waals surface area (Å²) in [4.78, 5) is 6.58. The number of nitrogens with zero attached hydrogens (tertiary/aromatic N) is 3. The maximum absolute atomic E-state index is 13.6. The molecule has 2 heterocycles. The molecule has 2 aromatic rings. The lowest BCUT2D eigenvalue weighted by Gasteiger charge is -2.30. The second-order valence-electron chi connectivity index (χ2n) is 5.12. The lowest BCUT2D eigenvalue weighted by molar-refractivity contribution is 0.190. The van der Waals surface area contributed by atoms with Gasteiger partial charge in [0.05, 0.1) is 6.04 Å². The summed E-state index contributed by atoms with van der Waals surface area (Å²) < 4.78 is 18.8. The molecule has 0 amide bonds. The third-order valence-corrected chi connectivity index (χ3v) is 3.67. The van der Waals surface area contributed by atoms with Gasteiger partial charge in [-0.15, -0.1) is 0 Å². The number of likely N-dealkylation sites (N-methyl/N-ethyl adjacent to an activating group) is 1. The van der Waals surface area contributed by atoms with Crippen LogP contribution < -0.4 is 5.32 Å². The number of halogens is 1. The highest BCUT2D eigenvalue weighted by Gasteiger charge is 2.25. The summed E-state index contributed by atoms with van der Waals surface area (Å²) in [5.74, 6) is 0.729. The van der Waals surface area contributed by atoms with E-state index in [0.29, 0.717) is 22.8 Å². The minimum Gasteiger partial charge on any atom is -0.334 e. The van der Waals surface area contributed by atoms with Crippen LogP contribution in [0.4, 0.5) is 4.39 Å². The van der Waals surface area contributed by atoms with E-state index in [1.54, 1.807) is 19.1 Å². The van der Waals surface area contributed by atoms with Crippen LogP contribution in [0.1, 0.15) is 17.4 Å². The first-order chi connectivity index (χ1) is 9.65. The van der Waals surface area contributed by atoms with Gasteiger partial charge in [-0.1, -0.05) is 11.2 Å². The van der Waals surface area contributed by atoms with E-state index >= 15 is 0 Å². The Balaban J connectivity index is 1.87. The number of aryl methyl sites for hydroxylation is 1. The number of hydrogen-bond acceptors (Lipinski definition) is 5. The predicted octanol–water partition coefficient (Wildman–Crippen LogP) is 1.76. The smallest absolute Gasteiger partial charge is 0.258 e. The SMILES string of the molecule is Cc1ccc(-c2nc(C3CNCCN3C)no2)cc1F. The Morgan fingerprint density at radius 2 is 2.30 bits per heavy atom. The Morgan fingerprint density at radius 3 is 3.05 bits per heavy atom. The van der Waals surface area contributed by atoms with Crippen LogP contribution in [0.5, 0.6) is 0 Å². The van der Waals surface area contributed by atoms with Crippen molar-refractivity contribution < 1.29 is 8.91 Å². The van der Waals surface area contributed by atoms with E-state index < -0.39 is 0 Å². The van der Waals surface area contributed by atoms with Gasteiger partial charge in [0.2, 0.25) is 0 Å². The van der Waals surface area contributed by atoms with Crippen LogP contribution >= 0.6 is 0 Å². The zero-order valence-electron chi connectivity index (χ0n) is 11.6. The fourth-order valence-corrected chi connectivity index (χ4v) is 2.31. The van der Waals surface area contributed by atoms with Crippen molar-refractivity contribution in [1.29, 1.82) is 0 Å². The number of hydrogen-bond donors (Lipinski definition) is 1. The molecule has 1 unspecified atom stereocenters. The van der Waals surface area contributed by atoms with E-state index in [9.17, 15) is 4.39 Å². The van der Waals surface area contributed by atoms with Crippen molar-refractivity contribution in [2.45, 2.75) is 13.0 Å². The molecule has 0 saturated carbocycles. The number of aromatic nitrogens is 2. The Hall–Kier alpha value is -1.79. The molecule has 1 aromatic heterocycles. The topological polar surface area (TPSA) is 54.2 Å². The predicted molar refractivity (Wildman–Crippen MR) is 72.7 cm³/mol. The molecule has 1 fully saturated rings. The van der Waals surface area contributed by atoms with Gasteiger partial charge in [-0.05, 0) is 31.7 Å². The lowest BCUT2D eigenvalue weighted by atomic mass is 10.1. The van der Waals surface area contributed by atoms with Gasteiger partial charge in [-0.2, -0.15) is 4.98 Å². The summed E-state index contributed by atoms with van der Waals surface area (Å²) in [6.45, 7) is 4.41. The maximum Gasteiger partial charge on any atom is 0.258 e. The summed E-state index contributed by atoms with van der Waals surface area (Å²) >= 11 is 0. The molecule has 1 saturated heterocycles. The largest absolute Gasteiger partial charge is 0.334 e. The zero-order valence-corrected chi connectivity index (χ0v) is 11.6. The van der Waals surface area contributed by atoms with Crippen molar-refractivity contribution >= 4 is 0 Å². The Bertz CT molecular complexity index is 613. The van der Waals surface area contributed by atoms with Crippen LogP contribution in [0.25, 0.3) is 11.5 Å². The van der Waals surface area contributed by atoms with Crippen LogP contribution in [0, 0.1) is 12.7 Å². The van der Waals surface area contributed by atoms with Crippen molar-refractivity contribution in [2.24, 2.45) is 0 Å². The average molecular weight is 276 g/mol. The Morgan fingerprint density at radius 1 is 1.45 bits per heavy atom. The van der Waals surface area contributed by atoms with Crippen molar-refractivity contribution in [3.63, 3.8) is 0 Å². The number of rotatable bonds is 2. The average Bonchev–Trinajstić information content (AvgIpc) is 2.92. The third-order valence-electron chi connectivity index (χ3n) is 3.67. The zero-order chi connectivity index (χ0) is 14.1. The maximum atomic E-state index is 13.6. The molecule has 1 atom stereocenters. The molecule has 5 nitrogen and oxygen atoms in total. The van der Waals surface area contributed by atoms with Gasteiger partial charge in [0, 0.05) is 25.2 Å². The van der Waals surface area contributed by atoms with E-state index in [1.165, 1.54) is 6.07 Å². The van der Waals surface area contributed by atoms with Crippen molar-refractivity contribution in [1.82, 2.24) is 20.4 Å². The summed E-state index contributed by atoms with van der Waals surface area (Å²) in [7, 11) is 2.03. The molecule has 0 bridgehead atoms. The normalized spacial score (nSPS) is 20.2. The van der Waals surface area contributed by atoms with Gasteiger partial charge in [0.25, 0.3) is 5.89 Å². The van der Waals surface area contributed by atoms with Crippen LogP contribution in [0.15, 0.2) is 22.7 Å². The minimum atomic E-state index is -0.265. The van der Waals surface area contributed by atoms with E-state index in [2.05, 4.69) is 20.4 Å². The van der Waals surface area contributed by atoms with Crippen LogP contribution in [0.3, 0.4) is 0 Å². The first-order valence-corrected chi connectivity index (χ1v) is 6.66. The number of piperazine rings is 1. The van der Waals surface area contributed by atoms with Gasteiger partial charge >= 0.3 is 0 Å². The van der Waals surface area contributed by atoms with E-state index in [4.69, 9.17) is 4.52 Å². The first kappa shape index (κ1) is 13.2. The van der Waals surface area contributed by atoms with Gasteiger partial charge < -0.3 is 9.84 Å². The van der Waals surface area contributed by atoms with Crippen molar-refractivity contribution in [3.05, 3.63) is 35.4 Å². The summed E-state index contributed by atoms with van der Waals surface area (Å²) in [6, 6.07) is 5.02. The number of nitrogens with one attached hydrogen (secondary N) is 1. The molecule has 1 N–H and O–H groups in total. The quantitative estimate of drug-likeness (QED) is 0.906. The third kappa shape index (κ3) is 2.44. The fraction of sp³-hybridized carbons (Fsp3) is 0.429. The summed E-state index contributed by atoms with van der Waals surface area (Å²) in [6.07, 6.45) is 0. The molecule has 0 aliphatic carbocycles. The molecule has 3 rings (SSSR count). The molecular formula is C14H17FN4O. The summed E-state index contributed by atoms with van der Waals surface area (Å²) in [5.41, 5.74) is 1.21. The van der Waals surface area contributed by atoms with Crippen LogP contribution in [0.2, 0.25) is 0 Å². The minimum absolute atomic E-state index is 0.0940. The number of benzene rings is 1. The molecule has 0 radical (unpaired) electrons. The second kappa shape index (κ2) is 5.30. The summed E-state index contributed by atoms with van der Waals surface area (Å²) in [5, 5.41) is 7.33. The second-order valence-corrected chi connectivity index (χ2v) is 5.12. The molecule has 1 aliphatic heterocycles. The van der Waals surface area contributed by atoms with Crippen LogP contribution in [-0.4, -0.2) is 41.7 Å². The molecule has 20 heavy (non-hydrogen) atoms. The molecule has 1 aromatic carbocycles. The van der Waals surface area contributed by atoms with E-state index in [1.807, 2.05) is 7.05 Å². The van der Waals surface area contributed by atoms with Crippen molar-refractivity contribution in [3.8, 4) is 11.5 Å². The van der Waals surface area contributed by atoms with Gasteiger partial charge in [-0.3, -0.25) is 4.90 Å².